The van der Waals surface area contributed by atoms with Crippen LogP contribution in [0.2, 0.25) is 0 Å². The van der Waals surface area contributed by atoms with Crippen molar-refractivity contribution < 1.29 is 9.59 Å². The number of likely N-dealkylation sites (N-methyl/N-ethyl adjacent to an activating group) is 1. The molecule has 7 heteroatoms. The lowest BCUT2D eigenvalue weighted by atomic mass is 9.92. The molecule has 2 aromatic rings. The number of carbonyl (C=O) groups is 2. The van der Waals surface area contributed by atoms with Crippen LogP contribution in [0.4, 0.5) is 11.4 Å². The van der Waals surface area contributed by atoms with Crippen LogP contribution in [-0.2, 0) is 4.79 Å². The summed E-state index contributed by atoms with van der Waals surface area (Å²) < 4.78 is 0. The number of benzene rings is 1. The van der Waals surface area contributed by atoms with E-state index >= 15 is 0 Å². The molecule has 7 nitrogen and oxygen atoms in total. The van der Waals surface area contributed by atoms with Gasteiger partial charge < -0.3 is 14.7 Å². The molecule has 1 aromatic heterocycles. The zero-order valence-electron chi connectivity index (χ0n) is 17.2. The third-order valence-corrected chi connectivity index (χ3v) is 6.12. The third-order valence-electron chi connectivity index (χ3n) is 6.12. The molecule has 1 unspecified atom stereocenters. The molecular formula is C22H27N5O2. The molecule has 152 valence electrons. The van der Waals surface area contributed by atoms with Crippen LogP contribution < -0.4 is 9.80 Å². The zero-order chi connectivity index (χ0) is 20.6. The van der Waals surface area contributed by atoms with Crippen LogP contribution in [0.5, 0.6) is 0 Å². The minimum absolute atomic E-state index is 0.0452. The van der Waals surface area contributed by atoms with Gasteiger partial charge in [-0.1, -0.05) is 6.07 Å². The highest BCUT2D eigenvalue weighted by Crippen LogP contribution is 2.34. The summed E-state index contributed by atoms with van der Waals surface area (Å²) in [7, 11) is 5.92. The topological polar surface area (TPSA) is 60.0 Å². The number of piperazine rings is 1. The van der Waals surface area contributed by atoms with Crippen LogP contribution in [-0.4, -0.2) is 79.5 Å². The van der Waals surface area contributed by atoms with Crippen molar-refractivity contribution in [3.63, 3.8) is 0 Å². The maximum Gasteiger partial charge on any atom is 0.253 e. The van der Waals surface area contributed by atoms with Crippen LogP contribution in [0.15, 0.2) is 48.8 Å². The lowest BCUT2D eigenvalue weighted by Crippen LogP contribution is -2.64. The minimum Gasteiger partial charge on any atom is -0.378 e. The highest BCUT2D eigenvalue weighted by Gasteiger charge is 2.48. The van der Waals surface area contributed by atoms with E-state index in [1.807, 2.05) is 72.2 Å². The Morgan fingerprint density at radius 3 is 2.72 bits per heavy atom. The highest BCUT2D eigenvalue weighted by atomic mass is 16.2. The van der Waals surface area contributed by atoms with Gasteiger partial charge >= 0.3 is 0 Å². The number of anilines is 2. The molecule has 0 radical (unpaired) electrons. The van der Waals surface area contributed by atoms with Gasteiger partial charge in [-0.2, -0.15) is 0 Å². The fourth-order valence-corrected chi connectivity index (χ4v) is 4.28. The van der Waals surface area contributed by atoms with Crippen molar-refractivity contribution in [2.75, 3.05) is 57.1 Å². The maximum atomic E-state index is 13.2. The smallest absolute Gasteiger partial charge is 0.253 e. The Balaban J connectivity index is 1.55. The molecule has 2 fully saturated rings. The summed E-state index contributed by atoms with van der Waals surface area (Å²) in [5, 5.41) is 0. The molecule has 4 rings (SSSR count). The fourth-order valence-electron chi connectivity index (χ4n) is 4.28. The van der Waals surface area contributed by atoms with Gasteiger partial charge in [-0.3, -0.25) is 19.5 Å². The second-order valence-corrected chi connectivity index (χ2v) is 8.19. The van der Waals surface area contributed by atoms with Crippen LogP contribution >= 0.6 is 0 Å². The number of amides is 2. The predicted molar refractivity (Wildman–Crippen MR) is 113 cm³/mol. The first-order valence-electron chi connectivity index (χ1n) is 9.88. The molecule has 2 aliphatic rings. The normalized spacial score (nSPS) is 22.4. The monoisotopic (exact) mass is 393 g/mol. The molecule has 2 aliphatic heterocycles. The van der Waals surface area contributed by atoms with Gasteiger partial charge in [-0.05, 0) is 43.8 Å². The number of hydrogen-bond donors (Lipinski definition) is 0. The van der Waals surface area contributed by atoms with E-state index in [9.17, 15) is 9.59 Å². The van der Waals surface area contributed by atoms with Gasteiger partial charge in [0.05, 0.1) is 24.0 Å². The average Bonchev–Trinajstić information content (AvgIpc) is 3.16. The van der Waals surface area contributed by atoms with Gasteiger partial charge in [0.1, 0.15) is 0 Å². The average molecular weight is 393 g/mol. The standard InChI is InChI=1S/C22H27N5O2/c1-24(2)18-7-4-6-17(12-18)21(29)26-11-9-22(15-26)16-27(20(28)14-25(22)3)19-8-5-10-23-13-19/h4-8,10,12-13H,9,11,14-16H2,1-3H3. The van der Waals surface area contributed by atoms with Gasteiger partial charge in [0, 0.05) is 51.2 Å². The largest absolute Gasteiger partial charge is 0.378 e. The molecule has 1 atom stereocenters. The van der Waals surface area contributed by atoms with Gasteiger partial charge in [0.2, 0.25) is 5.91 Å². The molecular weight excluding hydrogens is 366 g/mol. The number of hydrogen-bond acceptors (Lipinski definition) is 5. The number of aromatic nitrogens is 1. The molecule has 0 bridgehead atoms. The molecule has 2 amide bonds. The van der Waals surface area contributed by atoms with Crippen LogP contribution in [0.1, 0.15) is 16.8 Å². The van der Waals surface area contributed by atoms with Gasteiger partial charge in [0.25, 0.3) is 5.91 Å². The van der Waals surface area contributed by atoms with E-state index in [-0.39, 0.29) is 17.4 Å². The maximum absolute atomic E-state index is 13.2. The van der Waals surface area contributed by atoms with E-state index in [0.717, 1.165) is 17.8 Å². The zero-order valence-corrected chi connectivity index (χ0v) is 17.2. The first kappa shape index (κ1) is 19.4. The second-order valence-electron chi connectivity index (χ2n) is 8.19. The number of rotatable bonds is 3. The molecule has 0 saturated carbocycles. The summed E-state index contributed by atoms with van der Waals surface area (Å²) >= 11 is 0. The van der Waals surface area contributed by atoms with E-state index in [1.165, 1.54) is 0 Å². The lowest BCUT2D eigenvalue weighted by molar-refractivity contribution is -0.123. The van der Waals surface area contributed by atoms with Crippen LogP contribution in [0.25, 0.3) is 0 Å². The van der Waals surface area contributed by atoms with Crippen molar-refractivity contribution in [2.45, 2.75) is 12.0 Å². The third kappa shape index (κ3) is 3.58. The van der Waals surface area contributed by atoms with Crippen molar-refractivity contribution in [2.24, 2.45) is 0 Å². The molecule has 1 spiro atoms. The molecule has 1 aromatic carbocycles. The Hall–Kier alpha value is -2.93. The Kier molecular flexibility index (Phi) is 5.00. The Morgan fingerprint density at radius 2 is 2.00 bits per heavy atom. The van der Waals surface area contributed by atoms with Crippen molar-refractivity contribution >= 4 is 23.2 Å². The first-order chi connectivity index (χ1) is 13.9. The SMILES string of the molecule is CN(C)c1cccc(C(=O)N2CCC3(C2)CN(c2cccnc2)C(=O)CN3C)c1. The van der Waals surface area contributed by atoms with E-state index in [4.69, 9.17) is 0 Å². The summed E-state index contributed by atoms with van der Waals surface area (Å²) in [6, 6.07) is 11.5. The Morgan fingerprint density at radius 1 is 1.17 bits per heavy atom. The fraction of sp³-hybridized carbons (Fsp3) is 0.409. The van der Waals surface area contributed by atoms with E-state index < -0.39 is 0 Å². The van der Waals surface area contributed by atoms with Crippen LogP contribution in [0.3, 0.4) is 0 Å². The predicted octanol–water partition coefficient (Wildman–Crippen LogP) is 1.71. The van der Waals surface area contributed by atoms with E-state index in [0.29, 0.717) is 31.7 Å². The lowest BCUT2D eigenvalue weighted by Gasteiger charge is -2.46. The van der Waals surface area contributed by atoms with Crippen molar-refractivity contribution in [3.8, 4) is 0 Å². The quantitative estimate of drug-likeness (QED) is 0.795. The van der Waals surface area contributed by atoms with Crippen molar-refractivity contribution in [3.05, 3.63) is 54.4 Å². The van der Waals surface area contributed by atoms with Gasteiger partial charge in [0.15, 0.2) is 0 Å². The molecule has 0 N–H and O–H groups in total. The molecule has 0 aliphatic carbocycles. The number of pyridine rings is 1. The summed E-state index contributed by atoms with van der Waals surface area (Å²) in [6.07, 6.45) is 4.27. The summed E-state index contributed by atoms with van der Waals surface area (Å²) in [5.41, 5.74) is 2.28. The number of nitrogens with zero attached hydrogens (tertiary/aromatic N) is 5. The number of carbonyl (C=O) groups excluding carboxylic acids is 2. The Labute approximate surface area is 171 Å². The van der Waals surface area contributed by atoms with Gasteiger partial charge in [-0.25, -0.2) is 0 Å². The first-order valence-corrected chi connectivity index (χ1v) is 9.88. The molecule has 29 heavy (non-hydrogen) atoms. The van der Waals surface area contributed by atoms with Crippen LogP contribution in [0, 0.1) is 0 Å². The van der Waals surface area contributed by atoms with Gasteiger partial charge in [-0.15, -0.1) is 0 Å². The summed E-state index contributed by atoms with van der Waals surface area (Å²) in [4.78, 5) is 37.8. The summed E-state index contributed by atoms with van der Waals surface area (Å²) in [6.45, 7) is 2.20. The van der Waals surface area contributed by atoms with Crippen molar-refractivity contribution in [1.29, 1.82) is 0 Å². The summed E-state index contributed by atoms with van der Waals surface area (Å²) in [5.74, 6) is 0.110. The molecule has 3 heterocycles. The Bertz CT molecular complexity index is 916. The van der Waals surface area contributed by atoms with E-state index in [2.05, 4.69) is 9.88 Å². The number of likely N-dealkylation sites (tertiary alicyclic amines) is 1. The second kappa shape index (κ2) is 7.48. The molecule has 2 saturated heterocycles. The highest BCUT2D eigenvalue weighted by molar-refractivity contribution is 5.97. The van der Waals surface area contributed by atoms with E-state index in [1.54, 1.807) is 12.4 Å². The van der Waals surface area contributed by atoms with Crippen molar-refractivity contribution in [1.82, 2.24) is 14.8 Å². The minimum atomic E-state index is -0.238.